The second kappa shape index (κ2) is 6.39. The van der Waals surface area contributed by atoms with Gasteiger partial charge in [-0.3, -0.25) is 4.90 Å². The van der Waals surface area contributed by atoms with Crippen molar-refractivity contribution in [2.24, 2.45) is 0 Å². The maximum absolute atomic E-state index is 13.0. The van der Waals surface area contributed by atoms with Crippen LogP contribution in [0, 0.1) is 5.82 Å². The quantitative estimate of drug-likeness (QED) is 0.913. The predicted molar refractivity (Wildman–Crippen MR) is 80.5 cm³/mol. The molecule has 2 rings (SSSR count). The SMILES string of the molecule is CC(C)NS(=O)(=O)N1CCN(C)C(c2ccc(F)cc2)C1. The van der Waals surface area contributed by atoms with Gasteiger partial charge >= 0.3 is 0 Å². The van der Waals surface area contributed by atoms with E-state index in [1.165, 1.54) is 16.4 Å². The van der Waals surface area contributed by atoms with Crippen molar-refractivity contribution in [1.29, 1.82) is 0 Å². The molecule has 0 radical (unpaired) electrons. The third kappa shape index (κ3) is 4.00. The molecule has 118 valence electrons. The molecule has 1 unspecified atom stereocenters. The molecule has 1 aliphatic rings. The Hall–Kier alpha value is -1.02. The summed E-state index contributed by atoms with van der Waals surface area (Å²) in [6.07, 6.45) is 0. The molecule has 21 heavy (non-hydrogen) atoms. The summed E-state index contributed by atoms with van der Waals surface area (Å²) in [7, 11) is -1.52. The van der Waals surface area contributed by atoms with E-state index < -0.39 is 10.2 Å². The average Bonchev–Trinajstić information content (AvgIpc) is 2.38. The Kier molecular flexibility index (Phi) is 4.98. The van der Waals surface area contributed by atoms with Gasteiger partial charge in [0.1, 0.15) is 5.82 Å². The largest absolute Gasteiger partial charge is 0.297 e. The fourth-order valence-corrected chi connectivity index (χ4v) is 3.89. The molecule has 0 saturated carbocycles. The van der Waals surface area contributed by atoms with Crippen LogP contribution in [0.15, 0.2) is 24.3 Å². The van der Waals surface area contributed by atoms with Crippen molar-refractivity contribution in [1.82, 2.24) is 13.9 Å². The van der Waals surface area contributed by atoms with E-state index in [1.54, 1.807) is 26.0 Å². The molecule has 0 spiro atoms. The van der Waals surface area contributed by atoms with Crippen LogP contribution in [0.25, 0.3) is 0 Å². The number of likely N-dealkylation sites (N-methyl/N-ethyl adjacent to an activating group) is 1. The normalized spacial score (nSPS) is 21.9. The van der Waals surface area contributed by atoms with E-state index in [-0.39, 0.29) is 17.9 Å². The monoisotopic (exact) mass is 315 g/mol. The van der Waals surface area contributed by atoms with E-state index in [2.05, 4.69) is 9.62 Å². The molecule has 0 aliphatic carbocycles. The number of benzene rings is 1. The minimum atomic E-state index is -3.47. The van der Waals surface area contributed by atoms with Gasteiger partial charge in [-0.1, -0.05) is 12.1 Å². The van der Waals surface area contributed by atoms with Gasteiger partial charge in [-0.15, -0.1) is 0 Å². The first-order chi connectivity index (χ1) is 9.79. The van der Waals surface area contributed by atoms with Crippen LogP contribution in [-0.4, -0.2) is 50.3 Å². The summed E-state index contributed by atoms with van der Waals surface area (Å²) in [5.41, 5.74) is 0.920. The highest BCUT2D eigenvalue weighted by molar-refractivity contribution is 7.87. The summed E-state index contributed by atoms with van der Waals surface area (Å²) in [6, 6.07) is 6.03. The van der Waals surface area contributed by atoms with E-state index in [1.807, 2.05) is 7.05 Å². The van der Waals surface area contributed by atoms with E-state index in [9.17, 15) is 12.8 Å². The molecule has 7 heteroatoms. The summed E-state index contributed by atoms with van der Waals surface area (Å²) in [5, 5.41) is 0. The molecule has 1 heterocycles. The highest BCUT2D eigenvalue weighted by Crippen LogP contribution is 2.25. The maximum Gasteiger partial charge on any atom is 0.279 e. The number of nitrogens with one attached hydrogen (secondary N) is 1. The smallest absolute Gasteiger partial charge is 0.279 e. The molecule has 0 amide bonds. The van der Waals surface area contributed by atoms with Crippen LogP contribution >= 0.6 is 0 Å². The summed E-state index contributed by atoms with van der Waals surface area (Å²) in [4.78, 5) is 2.09. The van der Waals surface area contributed by atoms with Crippen molar-refractivity contribution in [3.05, 3.63) is 35.6 Å². The second-order valence-corrected chi connectivity index (χ2v) is 7.39. The Morgan fingerprint density at radius 2 is 1.86 bits per heavy atom. The minimum Gasteiger partial charge on any atom is -0.297 e. The fraction of sp³-hybridized carbons (Fsp3) is 0.571. The summed E-state index contributed by atoms with van der Waals surface area (Å²) < 4.78 is 41.6. The zero-order chi connectivity index (χ0) is 15.6. The highest BCUT2D eigenvalue weighted by atomic mass is 32.2. The number of halogens is 1. The van der Waals surface area contributed by atoms with Crippen molar-refractivity contribution < 1.29 is 12.8 Å². The number of hydrogen-bond acceptors (Lipinski definition) is 3. The van der Waals surface area contributed by atoms with Gasteiger partial charge < -0.3 is 0 Å². The molecule has 1 fully saturated rings. The van der Waals surface area contributed by atoms with Gasteiger partial charge in [0, 0.05) is 31.7 Å². The van der Waals surface area contributed by atoms with E-state index in [4.69, 9.17) is 0 Å². The molecule has 5 nitrogen and oxygen atoms in total. The Balaban J connectivity index is 2.18. The lowest BCUT2D eigenvalue weighted by Gasteiger charge is -2.39. The zero-order valence-electron chi connectivity index (χ0n) is 12.6. The Labute approximate surface area is 125 Å². The first-order valence-corrected chi connectivity index (χ1v) is 8.46. The molecule has 1 N–H and O–H groups in total. The van der Waals surface area contributed by atoms with Crippen LogP contribution in [0.2, 0.25) is 0 Å². The molecule has 1 atom stereocenters. The standard InChI is InChI=1S/C14H22FN3O2S/c1-11(2)16-21(19,20)18-9-8-17(3)14(10-18)12-4-6-13(15)7-5-12/h4-7,11,14,16H,8-10H2,1-3H3. The van der Waals surface area contributed by atoms with Gasteiger partial charge in [0.25, 0.3) is 10.2 Å². The van der Waals surface area contributed by atoms with Crippen LogP contribution in [0.3, 0.4) is 0 Å². The zero-order valence-corrected chi connectivity index (χ0v) is 13.4. The minimum absolute atomic E-state index is 0.0666. The highest BCUT2D eigenvalue weighted by Gasteiger charge is 2.32. The van der Waals surface area contributed by atoms with E-state index in [0.29, 0.717) is 19.6 Å². The van der Waals surface area contributed by atoms with Crippen LogP contribution < -0.4 is 4.72 Å². The lowest BCUT2D eigenvalue weighted by molar-refractivity contribution is 0.147. The number of rotatable bonds is 4. The number of nitrogens with zero attached hydrogens (tertiary/aromatic N) is 2. The Morgan fingerprint density at radius 3 is 2.43 bits per heavy atom. The van der Waals surface area contributed by atoms with Gasteiger partial charge in [0.2, 0.25) is 0 Å². The van der Waals surface area contributed by atoms with E-state index in [0.717, 1.165) is 5.56 Å². The first kappa shape index (κ1) is 16.4. The molecule has 1 aromatic rings. The van der Waals surface area contributed by atoms with Gasteiger partial charge in [-0.05, 0) is 38.6 Å². The topological polar surface area (TPSA) is 52.7 Å². The van der Waals surface area contributed by atoms with Gasteiger partial charge in [0.15, 0.2) is 0 Å². The third-order valence-corrected chi connectivity index (χ3v) is 5.37. The fourth-order valence-electron chi connectivity index (χ4n) is 2.48. The molecule has 1 saturated heterocycles. The lowest BCUT2D eigenvalue weighted by atomic mass is 10.0. The van der Waals surface area contributed by atoms with E-state index >= 15 is 0 Å². The van der Waals surface area contributed by atoms with Crippen LogP contribution in [0.5, 0.6) is 0 Å². The average molecular weight is 315 g/mol. The number of piperazine rings is 1. The van der Waals surface area contributed by atoms with Gasteiger partial charge in [0.05, 0.1) is 0 Å². The summed E-state index contributed by atoms with van der Waals surface area (Å²) in [5.74, 6) is -0.289. The Morgan fingerprint density at radius 1 is 1.24 bits per heavy atom. The van der Waals surface area contributed by atoms with Crippen LogP contribution in [0.1, 0.15) is 25.5 Å². The summed E-state index contributed by atoms with van der Waals surface area (Å²) in [6.45, 7) is 5.05. The van der Waals surface area contributed by atoms with Crippen LogP contribution in [-0.2, 0) is 10.2 Å². The van der Waals surface area contributed by atoms with Gasteiger partial charge in [-0.25, -0.2) is 4.39 Å². The van der Waals surface area contributed by atoms with Crippen molar-refractivity contribution in [2.45, 2.75) is 25.9 Å². The third-order valence-electron chi connectivity index (χ3n) is 3.59. The maximum atomic E-state index is 13.0. The first-order valence-electron chi connectivity index (χ1n) is 7.02. The van der Waals surface area contributed by atoms with Crippen molar-refractivity contribution in [3.63, 3.8) is 0 Å². The summed E-state index contributed by atoms with van der Waals surface area (Å²) >= 11 is 0. The lowest BCUT2D eigenvalue weighted by Crippen LogP contribution is -2.53. The number of hydrogen-bond donors (Lipinski definition) is 1. The van der Waals surface area contributed by atoms with Crippen LogP contribution in [0.4, 0.5) is 4.39 Å². The molecule has 0 aromatic heterocycles. The molecular weight excluding hydrogens is 293 g/mol. The Bertz CT molecular complexity index is 574. The molecule has 1 aromatic carbocycles. The predicted octanol–water partition coefficient (Wildman–Crippen LogP) is 1.36. The van der Waals surface area contributed by atoms with Crippen molar-refractivity contribution in [2.75, 3.05) is 26.7 Å². The molecular formula is C14H22FN3O2S. The van der Waals surface area contributed by atoms with Gasteiger partial charge in [-0.2, -0.15) is 17.4 Å². The van der Waals surface area contributed by atoms with Crippen molar-refractivity contribution >= 4 is 10.2 Å². The van der Waals surface area contributed by atoms with Crippen molar-refractivity contribution in [3.8, 4) is 0 Å². The second-order valence-electron chi connectivity index (χ2n) is 5.68. The molecule has 0 bridgehead atoms. The molecule has 1 aliphatic heterocycles.